The van der Waals surface area contributed by atoms with Crippen LogP contribution in [0.5, 0.6) is 5.75 Å². The van der Waals surface area contributed by atoms with E-state index in [-0.39, 0.29) is 18.4 Å². The van der Waals surface area contributed by atoms with Gasteiger partial charge in [-0.3, -0.25) is 9.59 Å². The molecule has 6 nitrogen and oxygen atoms in total. The van der Waals surface area contributed by atoms with Gasteiger partial charge in [-0.05, 0) is 71.6 Å². The molecular formula is C36H32N2O4. The highest BCUT2D eigenvalue weighted by atomic mass is 16.5. The number of para-hydroxylation sites is 2. The summed E-state index contributed by atoms with van der Waals surface area (Å²) in [5.41, 5.74) is 7.05. The Kier molecular flexibility index (Phi) is 8.75. The maximum atomic E-state index is 13.4. The molecule has 6 heteroatoms. The number of rotatable bonds is 9. The minimum atomic E-state index is -0.223. The number of aryl methyl sites for hydroxylation is 1. The Morgan fingerprint density at radius 1 is 0.762 bits per heavy atom. The van der Waals surface area contributed by atoms with Crippen LogP contribution in [-0.2, 0) is 13.2 Å². The van der Waals surface area contributed by atoms with Crippen LogP contribution in [-0.4, -0.2) is 24.0 Å². The first-order chi connectivity index (χ1) is 20.4. The molecule has 2 N–H and O–H groups in total. The quantitative estimate of drug-likeness (QED) is 0.200. The molecule has 0 spiro atoms. The highest BCUT2D eigenvalue weighted by Gasteiger charge is 2.18. The number of benzene rings is 5. The largest absolute Gasteiger partial charge is 0.487 e. The van der Waals surface area contributed by atoms with E-state index in [0.29, 0.717) is 34.9 Å². The molecule has 5 aromatic rings. The number of amides is 2. The molecule has 0 radical (unpaired) electrons. The molecule has 0 saturated carbocycles. The number of carbonyl (C=O) groups excluding carboxylic acids is 2. The lowest BCUT2D eigenvalue weighted by molar-refractivity contribution is 0.0990. The van der Waals surface area contributed by atoms with E-state index in [1.807, 2.05) is 97.9 Å². The maximum absolute atomic E-state index is 13.4. The van der Waals surface area contributed by atoms with Gasteiger partial charge >= 0.3 is 0 Å². The number of ether oxygens (including phenoxy) is 1. The van der Waals surface area contributed by atoms with E-state index in [4.69, 9.17) is 4.74 Å². The number of aliphatic hydroxyl groups is 1. The molecule has 5 rings (SSSR count). The summed E-state index contributed by atoms with van der Waals surface area (Å²) in [7, 11) is 1.71. The van der Waals surface area contributed by atoms with Gasteiger partial charge in [0.1, 0.15) is 12.4 Å². The fourth-order valence-electron chi connectivity index (χ4n) is 4.62. The van der Waals surface area contributed by atoms with Crippen molar-refractivity contribution in [1.82, 2.24) is 0 Å². The molecule has 5 aromatic carbocycles. The molecule has 0 atom stereocenters. The van der Waals surface area contributed by atoms with E-state index in [2.05, 4.69) is 5.32 Å². The summed E-state index contributed by atoms with van der Waals surface area (Å²) in [6.45, 7) is 2.35. The molecule has 0 aromatic heterocycles. The standard InChI is InChI=1S/C36H32N2O4/c1-25-11-17-28(18-12-25)31-7-3-4-8-32(31)35(40)37-30-21-19-29(20-22-30)36(41)38(2)33-9-5-6-10-34(33)42-24-27-15-13-26(23-39)14-16-27/h3-22,39H,23-24H2,1-2H3,(H,37,40). The molecule has 0 aliphatic rings. The molecule has 0 aliphatic heterocycles. The van der Waals surface area contributed by atoms with Gasteiger partial charge in [-0.1, -0.05) is 84.4 Å². The molecule has 0 aliphatic carbocycles. The van der Waals surface area contributed by atoms with Crippen LogP contribution in [0.1, 0.15) is 37.4 Å². The molecule has 0 unspecified atom stereocenters. The predicted molar refractivity (Wildman–Crippen MR) is 167 cm³/mol. The number of carbonyl (C=O) groups is 2. The summed E-state index contributed by atoms with van der Waals surface area (Å²) in [4.78, 5) is 28.1. The van der Waals surface area contributed by atoms with Crippen molar-refractivity contribution < 1.29 is 19.4 Å². The van der Waals surface area contributed by atoms with Gasteiger partial charge in [0, 0.05) is 23.9 Å². The Balaban J connectivity index is 1.26. The second kappa shape index (κ2) is 13.0. The third kappa shape index (κ3) is 6.57. The van der Waals surface area contributed by atoms with Crippen molar-refractivity contribution in [3.63, 3.8) is 0 Å². The van der Waals surface area contributed by atoms with Crippen LogP contribution in [0.3, 0.4) is 0 Å². The van der Waals surface area contributed by atoms with Gasteiger partial charge in [-0.2, -0.15) is 0 Å². The van der Waals surface area contributed by atoms with Crippen LogP contribution in [0.4, 0.5) is 11.4 Å². The van der Waals surface area contributed by atoms with E-state index in [9.17, 15) is 14.7 Å². The number of hydrogen-bond acceptors (Lipinski definition) is 4. The van der Waals surface area contributed by atoms with Gasteiger partial charge in [0.15, 0.2) is 0 Å². The van der Waals surface area contributed by atoms with Crippen LogP contribution < -0.4 is 15.0 Å². The van der Waals surface area contributed by atoms with Gasteiger partial charge in [-0.25, -0.2) is 0 Å². The molecule has 0 heterocycles. The normalized spacial score (nSPS) is 10.6. The Labute approximate surface area is 245 Å². The van der Waals surface area contributed by atoms with E-state index >= 15 is 0 Å². The zero-order valence-corrected chi connectivity index (χ0v) is 23.6. The van der Waals surface area contributed by atoms with Crippen LogP contribution >= 0.6 is 0 Å². The van der Waals surface area contributed by atoms with Crippen molar-refractivity contribution in [2.45, 2.75) is 20.1 Å². The van der Waals surface area contributed by atoms with E-state index in [0.717, 1.165) is 27.8 Å². The molecule has 0 bridgehead atoms. The van der Waals surface area contributed by atoms with Crippen LogP contribution in [0, 0.1) is 6.92 Å². The van der Waals surface area contributed by atoms with Crippen LogP contribution in [0.15, 0.2) is 121 Å². The van der Waals surface area contributed by atoms with Gasteiger partial charge in [0.2, 0.25) is 0 Å². The van der Waals surface area contributed by atoms with Gasteiger partial charge in [0.05, 0.1) is 12.3 Å². The third-order valence-corrected chi connectivity index (χ3v) is 7.06. The Hall–Kier alpha value is -5.20. The summed E-state index contributed by atoms with van der Waals surface area (Å²) >= 11 is 0. The number of nitrogens with zero attached hydrogens (tertiary/aromatic N) is 1. The molecular weight excluding hydrogens is 524 g/mol. The van der Waals surface area contributed by atoms with Crippen molar-refractivity contribution in [3.05, 3.63) is 149 Å². The van der Waals surface area contributed by atoms with Gasteiger partial charge in [-0.15, -0.1) is 0 Å². The van der Waals surface area contributed by atoms with Crippen molar-refractivity contribution in [1.29, 1.82) is 0 Å². The predicted octanol–water partition coefficient (Wildman–Crippen LogP) is 7.26. The molecule has 42 heavy (non-hydrogen) atoms. The second-order valence-electron chi connectivity index (χ2n) is 10.0. The topological polar surface area (TPSA) is 78.9 Å². The molecule has 210 valence electrons. The summed E-state index contributed by atoms with van der Waals surface area (Å²) in [5, 5.41) is 12.2. The highest BCUT2D eigenvalue weighted by Crippen LogP contribution is 2.30. The van der Waals surface area contributed by atoms with Crippen LogP contribution in [0.25, 0.3) is 11.1 Å². The monoisotopic (exact) mass is 556 g/mol. The number of anilines is 2. The summed E-state index contributed by atoms with van der Waals surface area (Å²) in [5.74, 6) is 0.149. The van der Waals surface area contributed by atoms with E-state index in [1.54, 1.807) is 42.3 Å². The first kappa shape index (κ1) is 28.3. The third-order valence-electron chi connectivity index (χ3n) is 7.06. The Morgan fingerprint density at radius 2 is 1.40 bits per heavy atom. The van der Waals surface area contributed by atoms with Gasteiger partial charge in [0.25, 0.3) is 11.8 Å². The highest BCUT2D eigenvalue weighted by molar-refractivity contribution is 6.09. The van der Waals surface area contributed by atoms with E-state index in [1.165, 1.54) is 0 Å². The second-order valence-corrected chi connectivity index (χ2v) is 10.0. The van der Waals surface area contributed by atoms with Crippen molar-refractivity contribution in [3.8, 4) is 16.9 Å². The lowest BCUT2D eigenvalue weighted by Gasteiger charge is -2.21. The SMILES string of the molecule is Cc1ccc(-c2ccccc2C(=O)Nc2ccc(C(=O)N(C)c3ccccc3OCc3ccc(CO)cc3)cc2)cc1. The zero-order valence-electron chi connectivity index (χ0n) is 23.6. The average Bonchev–Trinajstić information content (AvgIpc) is 3.04. The minimum absolute atomic E-state index is 0.00774. The summed E-state index contributed by atoms with van der Waals surface area (Å²) in [6, 6.07) is 37.3. The lowest BCUT2D eigenvalue weighted by Crippen LogP contribution is -2.26. The summed E-state index contributed by atoms with van der Waals surface area (Å²) < 4.78 is 6.05. The number of aliphatic hydroxyl groups excluding tert-OH is 1. The Morgan fingerprint density at radius 3 is 2.12 bits per heavy atom. The number of hydrogen-bond donors (Lipinski definition) is 2. The first-order valence-corrected chi connectivity index (χ1v) is 13.7. The Bertz CT molecular complexity index is 1680. The lowest BCUT2D eigenvalue weighted by atomic mass is 9.98. The first-order valence-electron chi connectivity index (χ1n) is 13.7. The molecule has 0 fully saturated rings. The van der Waals surface area contributed by atoms with Crippen LogP contribution in [0.2, 0.25) is 0 Å². The molecule has 0 saturated heterocycles. The van der Waals surface area contributed by atoms with Crippen molar-refractivity contribution in [2.75, 3.05) is 17.3 Å². The van der Waals surface area contributed by atoms with Crippen molar-refractivity contribution in [2.24, 2.45) is 0 Å². The van der Waals surface area contributed by atoms with Gasteiger partial charge < -0.3 is 20.1 Å². The molecule has 2 amide bonds. The fourth-order valence-corrected chi connectivity index (χ4v) is 4.62. The van der Waals surface area contributed by atoms with E-state index < -0.39 is 0 Å². The average molecular weight is 557 g/mol. The van der Waals surface area contributed by atoms with Crippen molar-refractivity contribution >= 4 is 23.2 Å². The number of nitrogens with one attached hydrogen (secondary N) is 1. The zero-order chi connectivity index (χ0) is 29.5. The fraction of sp³-hybridized carbons (Fsp3) is 0.111. The summed E-state index contributed by atoms with van der Waals surface area (Å²) in [6.07, 6.45) is 0. The smallest absolute Gasteiger partial charge is 0.258 e. The minimum Gasteiger partial charge on any atom is -0.487 e. The maximum Gasteiger partial charge on any atom is 0.258 e.